The second kappa shape index (κ2) is 6.70. The van der Waals surface area contributed by atoms with E-state index < -0.39 is 0 Å². The van der Waals surface area contributed by atoms with E-state index in [1.54, 1.807) is 13.0 Å². The van der Waals surface area contributed by atoms with Crippen LogP contribution >= 0.6 is 0 Å². The number of unbranched alkanes of at least 4 members (excludes halogenated alkanes) is 2. The van der Waals surface area contributed by atoms with E-state index >= 15 is 0 Å². The van der Waals surface area contributed by atoms with Crippen molar-refractivity contribution < 1.29 is 4.79 Å². The molecule has 0 bridgehead atoms. The summed E-state index contributed by atoms with van der Waals surface area (Å²) in [4.78, 5) is 10.7. The average Bonchev–Trinajstić information content (AvgIpc) is 2.04. The highest BCUT2D eigenvalue weighted by molar-refractivity contribution is 5.91. The molecule has 70 valence electrons. The Morgan fingerprint density at radius 3 is 2.58 bits per heavy atom. The Balaban J connectivity index is 3.54. The van der Waals surface area contributed by atoms with Crippen LogP contribution in [-0.4, -0.2) is 12.5 Å². The molecule has 0 radical (unpaired) electrons. The lowest BCUT2D eigenvalue weighted by Gasteiger charge is -2.05. The number of allylic oxidation sites excluding steroid dienone is 1. The zero-order chi connectivity index (χ0) is 9.40. The molecular weight excluding hydrogens is 152 g/mol. The molecule has 0 aliphatic rings. The number of nitrogens with two attached hydrogens (primary N) is 1. The monoisotopic (exact) mass is 170 g/mol. The van der Waals surface area contributed by atoms with Gasteiger partial charge in [0.25, 0.3) is 5.91 Å². The molecule has 0 aliphatic heterocycles. The lowest BCUT2D eigenvalue weighted by atomic mass is 10.2. The molecule has 3 N–H and O–H groups in total. The number of nitrogens with one attached hydrogen (secondary N) is 1. The molecule has 3 heteroatoms. The normalized spacial score (nSPS) is 11.3. The van der Waals surface area contributed by atoms with Gasteiger partial charge >= 0.3 is 0 Å². The fourth-order valence-electron chi connectivity index (χ4n) is 0.929. The van der Waals surface area contributed by atoms with Gasteiger partial charge in [-0.1, -0.05) is 25.8 Å². The number of amides is 1. The summed E-state index contributed by atoms with van der Waals surface area (Å²) in [7, 11) is 0. The van der Waals surface area contributed by atoms with E-state index in [1.807, 2.05) is 0 Å². The topological polar surface area (TPSA) is 55.1 Å². The second-order valence-electron chi connectivity index (χ2n) is 2.70. The maximum Gasteiger partial charge on any atom is 0.264 e. The molecule has 0 saturated carbocycles. The first-order chi connectivity index (χ1) is 5.72. The van der Waals surface area contributed by atoms with Gasteiger partial charge in [0, 0.05) is 6.54 Å². The van der Waals surface area contributed by atoms with Crippen molar-refractivity contribution in [2.45, 2.75) is 33.1 Å². The molecule has 0 unspecified atom stereocenters. The fourth-order valence-corrected chi connectivity index (χ4v) is 0.929. The zero-order valence-corrected chi connectivity index (χ0v) is 7.89. The first-order valence-electron chi connectivity index (χ1n) is 4.42. The number of carbonyl (C=O) groups excluding carboxylic acids is 1. The van der Waals surface area contributed by atoms with Crippen molar-refractivity contribution in [3.63, 3.8) is 0 Å². The Morgan fingerprint density at radius 1 is 1.50 bits per heavy atom. The molecule has 0 saturated heterocycles. The summed E-state index contributed by atoms with van der Waals surface area (Å²) in [6.07, 6.45) is 5.15. The first kappa shape index (κ1) is 11.0. The van der Waals surface area contributed by atoms with Crippen molar-refractivity contribution in [3.05, 3.63) is 11.8 Å². The van der Waals surface area contributed by atoms with Crippen molar-refractivity contribution >= 4 is 5.91 Å². The standard InChI is InChI=1S/C9H18N2O/c1-3-5-6-7-11-8(4-2)9(10)12/h4,11H,3,5-7H2,1-2H3,(H2,10,12). The SMILES string of the molecule is CC=C(NCCCCC)C(N)=O. The Labute approximate surface area is 74.0 Å². The summed E-state index contributed by atoms with van der Waals surface area (Å²) < 4.78 is 0. The number of hydrogen-bond donors (Lipinski definition) is 2. The van der Waals surface area contributed by atoms with Gasteiger partial charge in [0.1, 0.15) is 0 Å². The summed E-state index contributed by atoms with van der Waals surface area (Å²) in [5.74, 6) is -0.381. The maximum atomic E-state index is 10.7. The third-order valence-electron chi connectivity index (χ3n) is 1.65. The predicted molar refractivity (Wildman–Crippen MR) is 50.5 cm³/mol. The Morgan fingerprint density at radius 2 is 2.17 bits per heavy atom. The van der Waals surface area contributed by atoms with E-state index in [1.165, 1.54) is 12.8 Å². The van der Waals surface area contributed by atoms with Gasteiger partial charge in [0.15, 0.2) is 0 Å². The minimum absolute atomic E-state index is 0.381. The van der Waals surface area contributed by atoms with Gasteiger partial charge in [-0.3, -0.25) is 4.79 Å². The summed E-state index contributed by atoms with van der Waals surface area (Å²) in [6, 6.07) is 0. The van der Waals surface area contributed by atoms with E-state index in [2.05, 4.69) is 12.2 Å². The lowest BCUT2D eigenvalue weighted by Crippen LogP contribution is -2.26. The Bertz CT molecular complexity index is 164. The smallest absolute Gasteiger partial charge is 0.264 e. The van der Waals surface area contributed by atoms with Gasteiger partial charge in [-0.05, 0) is 13.3 Å². The molecule has 12 heavy (non-hydrogen) atoms. The second-order valence-corrected chi connectivity index (χ2v) is 2.70. The van der Waals surface area contributed by atoms with Crippen molar-refractivity contribution in [1.29, 1.82) is 0 Å². The first-order valence-corrected chi connectivity index (χ1v) is 4.42. The molecule has 0 aromatic rings. The molecule has 0 aromatic carbocycles. The van der Waals surface area contributed by atoms with Crippen molar-refractivity contribution in [2.75, 3.05) is 6.54 Å². The van der Waals surface area contributed by atoms with Crippen LogP contribution in [0.3, 0.4) is 0 Å². The van der Waals surface area contributed by atoms with Crippen LogP contribution in [0.2, 0.25) is 0 Å². The van der Waals surface area contributed by atoms with Gasteiger partial charge in [-0.25, -0.2) is 0 Å². The van der Waals surface area contributed by atoms with E-state index in [0.717, 1.165) is 13.0 Å². The Hall–Kier alpha value is -0.990. The molecule has 0 fully saturated rings. The van der Waals surface area contributed by atoms with E-state index in [4.69, 9.17) is 5.73 Å². The third-order valence-corrected chi connectivity index (χ3v) is 1.65. The van der Waals surface area contributed by atoms with Gasteiger partial charge < -0.3 is 11.1 Å². The molecule has 3 nitrogen and oxygen atoms in total. The van der Waals surface area contributed by atoms with Crippen LogP contribution in [0, 0.1) is 0 Å². The van der Waals surface area contributed by atoms with E-state index in [9.17, 15) is 4.79 Å². The van der Waals surface area contributed by atoms with Gasteiger partial charge in [-0.15, -0.1) is 0 Å². The quantitative estimate of drug-likeness (QED) is 0.464. The molecule has 0 spiro atoms. The number of primary amides is 1. The summed E-state index contributed by atoms with van der Waals surface area (Å²) in [6.45, 7) is 4.77. The van der Waals surface area contributed by atoms with Crippen LogP contribution in [-0.2, 0) is 4.79 Å². The van der Waals surface area contributed by atoms with Crippen molar-refractivity contribution in [2.24, 2.45) is 5.73 Å². The van der Waals surface area contributed by atoms with Crippen LogP contribution in [0.25, 0.3) is 0 Å². The number of rotatable bonds is 6. The summed E-state index contributed by atoms with van der Waals surface area (Å²) in [5.41, 5.74) is 5.61. The van der Waals surface area contributed by atoms with Crippen molar-refractivity contribution in [3.8, 4) is 0 Å². The number of hydrogen-bond acceptors (Lipinski definition) is 2. The summed E-state index contributed by atoms with van der Waals surface area (Å²) in [5, 5.41) is 2.99. The molecular formula is C9H18N2O. The van der Waals surface area contributed by atoms with Gasteiger partial charge in [-0.2, -0.15) is 0 Å². The molecule has 1 amide bonds. The average molecular weight is 170 g/mol. The van der Waals surface area contributed by atoms with Crippen LogP contribution in [0.5, 0.6) is 0 Å². The van der Waals surface area contributed by atoms with Crippen LogP contribution in [0.15, 0.2) is 11.8 Å². The fraction of sp³-hybridized carbons (Fsp3) is 0.667. The molecule has 0 rings (SSSR count). The van der Waals surface area contributed by atoms with Crippen LogP contribution < -0.4 is 11.1 Å². The molecule has 0 atom stereocenters. The van der Waals surface area contributed by atoms with Crippen LogP contribution in [0.1, 0.15) is 33.1 Å². The van der Waals surface area contributed by atoms with Crippen LogP contribution in [0.4, 0.5) is 0 Å². The summed E-state index contributed by atoms with van der Waals surface area (Å²) >= 11 is 0. The lowest BCUT2D eigenvalue weighted by molar-refractivity contribution is -0.114. The molecule has 0 heterocycles. The maximum absolute atomic E-state index is 10.7. The molecule has 0 aromatic heterocycles. The highest BCUT2D eigenvalue weighted by Gasteiger charge is 2.00. The third kappa shape index (κ3) is 4.77. The van der Waals surface area contributed by atoms with E-state index in [-0.39, 0.29) is 5.91 Å². The largest absolute Gasteiger partial charge is 0.381 e. The molecule has 0 aliphatic carbocycles. The van der Waals surface area contributed by atoms with Crippen molar-refractivity contribution in [1.82, 2.24) is 5.32 Å². The van der Waals surface area contributed by atoms with Gasteiger partial charge in [0.2, 0.25) is 0 Å². The van der Waals surface area contributed by atoms with E-state index in [0.29, 0.717) is 5.70 Å². The highest BCUT2D eigenvalue weighted by atomic mass is 16.1. The minimum atomic E-state index is -0.381. The van der Waals surface area contributed by atoms with Gasteiger partial charge in [0.05, 0.1) is 5.70 Å². The minimum Gasteiger partial charge on any atom is -0.381 e. The Kier molecular flexibility index (Phi) is 6.15. The highest BCUT2D eigenvalue weighted by Crippen LogP contribution is 1.93. The number of carbonyl (C=O) groups is 1. The zero-order valence-electron chi connectivity index (χ0n) is 7.89. The predicted octanol–water partition coefficient (Wildman–Crippen LogP) is 1.16.